The molecule has 1 heterocycles. The molecule has 0 saturated carbocycles. The summed E-state index contributed by atoms with van der Waals surface area (Å²) < 4.78 is 27.7. The molecule has 0 aliphatic heterocycles. The first kappa shape index (κ1) is 16.6. The topological polar surface area (TPSA) is 76.0 Å². The number of nitrogens with one attached hydrogen (secondary N) is 2. The van der Waals surface area contributed by atoms with Crippen molar-refractivity contribution >= 4 is 17.5 Å². The lowest BCUT2D eigenvalue weighted by molar-refractivity contribution is -0.115. The lowest BCUT2D eigenvalue weighted by Gasteiger charge is -2.07. The van der Waals surface area contributed by atoms with E-state index >= 15 is 0 Å². The zero-order chi connectivity index (χ0) is 17.1. The fraction of sp³-hybridized carbons (Fsp3) is 0.267. The number of benzene rings is 1. The van der Waals surface area contributed by atoms with Crippen molar-refractivity contribution in [2.24, 2.45) is 7.05 Å². The highest BCUT2D eigenvalue weighted by molar-refractivity contribution is 5.99. The highest BCUT2D eigenvalue weighted by Gasteiger charge is 2.14. The molecule has 0 atom stereocenters. The molecule has 23 heavy (non-hydrogen) atoms. The Morgan fingerprint density at radius 2 is 1.78 bits per heavy atom. The molecule has 6 nitrogen and oxygen atoms in total. The van der Waals surface area contributed by atoms with Gasteiger partial charge in [0, 0.05) is 18.7 Å². The second kappa shape index (κ2) is 6.55. The van der Waals surface area contributed by atoms with E-state index in [0.717, 1.165) is 17.8 Å². The van der Waals surface area contributed by atoms with Gasteiger partial charge in [0.25, 0.3) is 5.91 Å². The van der Waals surface area contributed by atoms with Gasteiger partial charge in [-0.05, 0) is 26.0 Å². The van der Waals surface area contributed by atoms with Crippen LogP contribution in [0.3, 0.4) is 0 Å². The zero-order valence-electron chi connectivity index (χ0n) is 12.9. The lowest BCUT2D eigenvalue weighted by Crippen LogP contribution is -2.33. The van der Waals surface area contributed by atoms with Gasteiger partial charge >= 0.3 is 0 Å². The maximum atomic E-state index is 13.1. The summed E-state index contributed by atoms with van der Waals surface area (Å²) in [6, 6.07) is 2.45. The second-order valence-corrected chi connectivity index (χ2v) is 5.06. The van der Waals surface area contributed by atoms with Crippen molar-refractivity contribution in [3.8, 4) is 0 Å². The van der Waals surface area contributed by atoms with E-state index in [1.54, 1.807) is 25.6 Å². The lowest BCUT2D eigenvalue weighted by atomic mass is 10.2. The van der Waals surface area contributed by atoms with Crippen molar-refractivity contribution in [2.75, 3.05) is 11.9 Å². The molecule has 0 aliphatic carbocycles. The summed E-state index contributed by atoms with van der Waals surface area (Å²) in [4.78, 5) is 23.7. The average molecular weight is 322 g/mol. The van der Waals surface area contributed by atoms with Crippen molar-refractivity contribution < 1.29 is 18.4 Å². The van der Waals surface area contributed by atoms with Crippen LogP contribution in [0.2, 0.25) is 0 Å². The molecule has 122 valence electrons. The SMILES string of the molecule is Cc1nn(C)c(C)c1NC(=O)CNC(=O)c1cc(F)cc(F)c1. The minimum Gasteiger partial charge on any atom is -0.343 e. The predicted octanol–water partition coefficient (Wildman–Crippen LogP) is 1.68. The number of rotatable bonds is 4. The first-order valence-corrected chi connectivity index (χ1v) is 6.82. The number of aromatic nitrogens is 2. The van der Waals surface area contributed by atoms with Gasteiger partial charge in [0.2, 0.25) is 5.91 Å². The molecule has 2 aromatic rings. The quantitative estimate of drug-likeness (QED) is 0.899. The third-order valence-electron chi connectivity index (χ3n) is 3.31. The first-order valence-electron chi connectivity index (χ1n) is 6.82. The molecule has 8 heteroatoms. The summed E-state index contributed by atoms with van der Waals surface area (Å²) >= 11 is 0. The standard InChI is InChI=1S/C15H16F2N4O2/c1-8-14(9(2)21(3)20-8)19-13(22)7-18-15(23)10-4-11(16)6-12(17)5-10/h4-6H,7H2,1-3H3,(H,18,23)(H,19,22). The van der Waals surface area contributed by atoms with Gasteiger partial charge in [0.15, 0.2) is 0 Å². The highest BCUT2D eigenvalue weighted by Crippen LogP contribution is 2.17. The smallest absolute Gasteiger partial charge is 0.251 e. The van der Waals surface area contributed by atoms with E-state index in [1.807, 2.05) is 0 Å². The number of hydrogen-bond acceptors (Lipinski definition) is 3. The van der Waals surface area contributed by atoms with Crippen molar-refractivity contribution in [3.63, 3.8) is 0 Å². The number of anilines is 1. The van der Waals surface area contributed by atoms with Crippen LogP contribution in [0.25, 0.3) is 0 Å². The number of amides is 2. The summed E-state index contributed by atoms with van der Waals surface area (Å²) in [6.07, 6.45) is 0. The maximum absolute atomic E-state index is 13.1. The van der Waals surface area contributed by atoms with E-state index in [4.69, 9.17) is 0 Å². The van der Waals surface area contributed by atoms with Crippen molar-refractivity contribution in [2.45, 2.75) is 13.8 Å². The number of halogens is 2. The van der Waals surface area contributed by atoms with Crippen LogP contribution >= 0.6 is 0 Å². The third kappa shape index (κ3) is 3.91. The van der Waals surface area contributed by atoms with Gasteiger partial charge in [-0.15, -0.1) is 0 Å². The van der Waals surface area contributed by atoms with Crippen LogP contribution in [-0.4, -0.2) is 28.1 Å². The number of carbonyl (C=O) groups excluding carboxylic acids is 2. The Bertz CT molecular complexity index is 751. The van der Waals surface area contributed by atoms with E-state index in [1.165, 1.54) is 0 Å². The molecule has 0 radical (unpaired) electrons. The van der Waals surface area contributed by atoms with Gasteiger partial charge in [-0.3, -0.25) is 14.3 Å². The summed E-state index contributed by atoms with van der Waals surface area (Å²) in [5.41, 5.74) is 1.80. The highest BCUT2D eigenvalue weighted by atomic mass is 19.1. The third-order valence-corrected chi connectivity index (χ3v) is 3.31. The molecule has 2 amide bonds. The van der Waals surface area contributed by atoms with Gasteiger partial charge in [-0.25, -0.2) is 8.78 Å². The summed E-state index contributed by atoms with van der Waals surface area (Å²) in [6.45, 7) is 3.21. The fourth-order valence-electron chi connectivity index (χ4n) is 2.09. The molecule has 2 N–H and O–H groups in total. The molecule has 2 rings (SSSR count). The van der Waals surface area contributed by atoms with Crippen LogP contribution < -0.4 is 10.6 Å². The molecular weight excluding hydrogens is 306 g/mol. The minimum absolute atomic E-state index is 0.191. The second-order valence-electron chi connectivity index (χ2n) is 5.06. The predicted molar refractivity (Wildman–Crippen MR) is 80.0 cm³/mol. The average Bonchev–Trinajstić information content (AvgIpc) is 2.70. The fourth-order valence-corrected chi connectivity index (χ4v) is 2.09. The van der Waals surface area contributed by atoms with Crippen molar-refractivity contribution in [1.82, 2.24) is 15.1 Å². The number of nitrogens with zero attached hydrogens (tertiary/aromatic N) is 2. The van der Waals surface area contributed by atoms with Crippen molar-refractivity contribution in [3.05, 3.63) is 46.8 Å². The molecule has 0 fully saturated rings. The van der Waals surface area contributed by atoms with E-state index in [0.29, 0.717) is 17.4 Å². The van der Waals surface area contributed by atoms with Crippen LogP contribution in [0.1, 0.15) is 21.7 Å². The van der Waals surface area contributed by atoms with Crippen LogP contribution in [0.5, 0.6) is 0 Å². The number of hydrogen-bond donors (Lipinski definition) is 2. The molecule has 1 aromatic carbocycles. The molecule has 0 spiro atoms. The molecule has 0 bridgehead atoms. The Balaban J connectivity index is 1.97. The normalized spacial score (nSPS) is 10.5. The number of carbonyl (C=O) groups is 2. The Labute approximate surface area is 131 Å². The molecular formula is C15H16F2N4O2. The zero-order valence-corrected chi connectivity index (χ0v) is 12.9. The molecule has 0 unspecified atom stereocenters. The Kier molecular flexibility index (Phi) is 4.73. The Hall–Kier alpha value is -2.77. The molecule has 1 aromatic heterocycles. The van der Waals surface area contributed by atoms with E-state index in [9.17, 15) is 18.4 Å². The maximum Gasteiger partial charge on any atom is 0.251 e. The van der Waals surface area contributed by atoms with Gasteiger partial charge in [-0.1, -0.05) is 0 Å². The molecule has 0 aliphatic rings. The minimum atomic E-state index is -0.860. The van der Waals surface area contributed by atoms with Gasteiger partial charge in [0.1, 0.15) is 11.6 Å². The summed E-state index contributed by atoms with van der Waals surface area (Å²) in [5, 5.41) is 9.11. The van der Waals surface area contributed by atoms with E-state index < -0.39 is 23.4 Å². The van der Waals surface area contributed by atoms with Crippen LogP contribution in [-0.2, 0) is 11.8 Å². The Morgan fingerprint density at radius 3 is 2.30 bits per heavy atom. The van der Waals surface area contributed by atoms with Gasteiger partial charge in [-0.2, -0.15) is 5.10 Å². The first-order chi connectivity index (χ1) is 10.8. The summed E-state index contributed by atoms with van der Waals surface area (Å²) in [5.74, 6) is -2.92. The molecule has 0 saturated heterocycles. The van der Waals surface area contributed by atoms with E-state index in [-0.39, 0.29) is 12.1 Å². The monoisotopic (exact) mass is 322 g/mol. The van der Waals surface area contributed by atoms with Crippen LogP contribution in [0.4, 0.5) is 14.5 Å². The van der Waals surface area contributed by atoms with Gasteiger partial charge in [0.05, 0.1) is 23.6 Å². The van der Waals surface area contributed by atoms with E-state index in [2.05, 4.69) is 15.7 Å². The number of aryl methyl sites for hydroxylation is 2. The van der Waals surface area contributed by atoms with Crippen LogP contribution in [0.15, 0.2) is 18.2 Å². The Morgan fingerprint density at radius 1 is 1.17 bits per heavy atom. The summed E-state index contributed by atoms with van der Waals surface area (Å²) in [7, 11) is 1.75. The largest absolute Gasteiger partial charge is 0.343 e. The van der Waals surface area contributed by atoms with Crippen molar-refractivity contribution in [1.29, 1.82) is 0 Å². The van der Waals surface area contributed by atoms with Gasteiger partial charge < -0.3 is 10.6 Å². The van der Waals surface area contributed by atoms with Crippen LogP contribution in [0, 0.1) is 25.5 Å².